The van der Waals surface area contributed by atoms with Crippen LogP contribution in [0.3, 0.4) is 0 Å². The molecule has 0 saturated heterocycles. The van der Waals surface area contributed by atoms with Crippen LogP contribution in [-0.2, 0) is 4.12 Å². The Morgan fingerprint density at radius 1 is 0.485 bits per heavy atom. The van der Waals surface area contributed by atoms with Gasteiger partial charge in [0.25, 0.3) is 18.1 Å². The molecule has 0 bridgehead atoms. The lowest BCUT2D eigenvalue weighted by Gasteiger charge is -2.26. The Bertz CT molecular complexity index is 1100. The predicted octanol–water partition coefficient (Wildman–Crippen LogP) is 3.25. The van der Waals surface area contributed by atoms with E-state index in [0.29, 0.717) is 0 Å². The first-order valence-corrected chi connectivity index (χ1v) is 13.8. The van der Waals surface area contributed by atoms with E-state index >= 15 is 0 Å². The maximum Gasteiger partial charge on any atom is 0.276 e. The third kappa shape index (κ3) is 4.95. The Morgan fingerprint density at radius 3 is 1.24 bits per heavy atom. The van der Waals surface area contributed by atoms with Gasteiger partial charge in [-0.2, -0.15) is 0 Å². The van der Waals surface area contributed by atoms with Crippen molar-refractivity contribution in [3.05, 3.63) is 108 Å². The van der Waals surface area contributed by atoms with Crippen LogP contribution in [0.2, 0.25) is 0 Å². The molecule has 2 radical (unpaired) electrons. The third-order valence-corrected chi connectivity index (χ3v) is 10.7. The molecule has 5 heteroatoms. The highest BCUT2D eigenvalue weighted by atomic mass is 28.4. The Morgan fingerprint density at radius 2 is 0.879 bits per heavy atom. The van der Waals surface area contributed by atoms with Gasteiger partial charge in [0.1, 0.15) is 11.5 Å². The zero-order valence-corrected chi connectivity index (χ0v) is 21.5. The van der Waals surface area contributed by atoms with Gasteiger partial charge in [0, 0.05) is 10.4 Å². The Hall–Kier alpha value is -3.13. The second kappa shape index (κ2) is 10.7. The Balaban J connectivity index is 1.90. The summed E-state index contributed by atoms with van der Waals surface area (Å²) in [5, 5.41) is 4.63. The van der Waals surface area contributed by atoms with Gasteiger partial charge in [-0.05, 0) is 35.3 Å². The van der Waals surface area contributed by atoms with Crippen LogP contribution >= 0.6 is 0 Å². The van der Waals surface area contributed by atoms with Crippen LogP contribution in [0.1, 0.15) is 11.1 Å². The van der Waals surface area contributed by atoms with Crippen LogP contribution < -0.4 is 30.2 Å². The fraction of sp³-hybridized carbons (Fsp3) is 0.143. The Kier molecular flexibility index (Phi) is 7.44. The highest BCUT2D eigenvalue weighted by molar-refractivity contribution is 6.92. The second-order valence-corrected chi connectivity index (χ2v) is 12.2. The van der Waals surface area contributed by atoms with Crippen molar-refractivity contribution >= 4 is 38.8 Å². The van der Waals surface area contributed by atoms with Gasteiger partial charge in [-0.3, -0.25) is 0 Å². The number of para-hydroxylation sites is 2. The minimum Gasteiger partial charge on any atom is -0.497 e. The molecule has 4 rings (SSSR count). The molecule has 33 heavy (non-hydrogen) atoms. The molecule has 0 amide bonds. The molecular formula is C28H28O3Si2. The summed E-state index contributed by atoms with van der Waals surface area (Å²) in [6.45, 7) is 4.17. The zero-order chi connectivity index (χ0) is 23.2. The SMILES string of the molecule is COc1c(C)cccc1[Si](O[Si](c1ccccc1)c1cccc(C)c1OC)c1ccccc1. The molecule has 0 heterocycles. The number of ether oxygens (including phenoxy) is 2. The third-order valence-electron chi connectivity index (χ3n) is 5.60. The van der Waals surface area contributed by atoms with Gasteiger partial charge >= 0.3 is 0 Å². The average Bonchev–Trinajstić information content (AvgIpc) is 2.85. The zero-order valence-electron chi connectivity index (χ0n) is 19.5. The minimum absolute atomic E-state index is 0.904. The first kappa shape index (κ1) is 23.0. The first-order valence-electron chi connectivity index (χ1n) is 10.9. The number of aryl methyl sites for hydroxylation is 2. The molecule has 0 N–H and O–H groups in total. The van der Waals surface area contributed by atoms with Gasteiger partial charge in [-0.1, -0.05) is 97.1 Å². The summed E-state index contributed by atoms with van der Waals surface area (Å²) < 4.78 is 19.0. The van der Waals surface area contributed by atoms with Gasteiger partial charge in [0.05, 0.1) is 14.2 Å². The maximum atomic E-state index is 7.23. The Labute approximate surface area is 200 Å². The van der Waals surface area contributed by atoms with Gasteiger partial charge in [0.15, 0.2) is 0 Å². The highest BCUT2D eigenvalue weighted by Gasteiger charge is 2.32. The molecule has 0 unspecified atom stereocenters. The summed E-state index contributed by atoms with van der Waals surface area (Å²) in [5.41, 5.74) is 2.22. The standard InChI is InChI=1S/C28H28O3Si2/c1-21-13-11-19-25(27(21)29-3)32(23-15-7-5-8-16-23)31-33(24-17-9-6-10-18-24)26-20-12-14-22(2)28(26)30-4/h5-20H,1-4H3. The van der Waals surface area contributed by atoms with E-state index in [1.165, 1.54) is 10.4 Å². The molecule has 0 spiro atoms. The number of rotatable bonds is 8. The summed E-state index contributed by atoms with van der Waals surface area (Å²) in [6, 6.07) is 33.7. The van der Waals surface area contributed by atoms with Crippen LogP contribution in [0.25, 0.3) is 0 Å². The van der Waals surface area contributed by atoms with Crippen molar-refractivity contribution in [3.8, 4) is 11.5 Å². The molecule has 0 atom stereocenters. The van der Waals surface area contributed by atoms with E-state index in [9.17, 15) is 0 Å². The summed E-state index contributed by atoms with van der Waals surface area (Å²) in [7, 11) is 0.220. The molecule has 0 aromatic heterocycles. The predicted molar refractivity (Wildman–Crippen MR) is 139 cm³/mol. The van der Waals surface area contributed by atoms with E-state index in [-0.39, 0.29) is 0 Å². The lowest BCUT2D eigenvalue weighted by molar-refractivity contribution is 0.413. The van der Waals surface area contributed by atoms with Crippen molar-refractivity contribution < 1.29 is 13.6 Å². The molecule has 0 fully saturated rings. The molecule has 0 aliphatic rings. The quantitative estimate of drug-likeness (QED) is 0.372. The number of benzene rings is 4. The van der Waals surface area contributed by atoms with Gasteiger partial charge in [0.2, 0.25) is 0 Å². The lowest BCUT2D eigenvalue weighted by Crippen LogP contribution is -2.56. The molecule has 0 saturated carbocycles. The molecule has 4 aromatic carbocycles. The van der Waals surface area contributed by atoms with E-state index in [0.717, 1.165) is 33.0 Å². The largest absolute Gasteiger partial charge is 0.497 e. The fourth-order valence-electron chi connectivity index (χ4n) is 4.02. The van der Waals surface area contributed by atoms with Gasteiger partial charge in [-0.15, -0.1) is 0 Å². The van der Waals surface area contributed by atoms with Crippen LogP contribution in [0, 0.1) is 13.8 Å². The summed E-state index contributed by atoms with van der Waals surface area (Å²) in [4.78, 5) is 0. The number of hydrogen-bond donors (Lipinski definition) is 0. The van der Waals surface area contributed by atoms with Crippen molar-refractivity contribution in [2.45, 2.75) is 13.8 Å². The van der Waals surface area contributed by atoms with Gasteiger partial charge < -0.3 is 13.6 Å². The van der Waals surface area contributed by atoms with Crippen LogP contribution in [0.4, 0.5) is 0 Å². The minimum atomic E-state index is -1.63. The van der Waals surface area contributed by atoms with E-state index in [2.05, 4.69) is 98.8 Å². The van der Waals surface area contributed by atoms with Crippen LogP contribution in [0.5, 0.6) is 11.5 Å². The molecular weight excluding hydrogens is 440 g/mol. The average molecular weight is 469 g/mol. The highest BCUT2D eigenvalue weighted by Crippen LogP contribution is 2.18. The number of methoxy groups -OCH3 is 2. The van der Waals surface area contributed by atoms with Crippen molar-refractivity contribution in [2.75, 3.05) is 14.2 Å². The monoisotopic (exact) mass is 468 g/mol. The van der Waals surface area contributed by atoms with Crippen molar-refractivity contribution in [1.29, 1.82) is 0 Å². The van der Waals surface area contributed by atoms with Crippen molar-refractivity contribution in [2.24, 2.45) is 0 Å². The molecule has 0 aliphatic carbocycles. The van der Waals surface area contributed by atoms with Crippen LogP contribution in [0.15, 0.2) is 97.1 Å². The topological polar surface area (TPSA) is 27.7 Å². The van der Waals surface area contributed by atoms with Crippen LogP contribution in [-0.4, -0.2) is 32.3 Å². The van der Waals surface area contributed by atoms with E-state index < -0.39 is 18.1 Å². The summed E-state index contributed by atoms with van der Waals surface area (Å²) in [5.74, 6) is 1.81. The number of hydrogen-bond acceptors (Lipinski definition) is 3. The fourth-order valence-corrected chi connectivity index (χ4v) is 9.78. The summed E-state index contributed by atoms with van der Waals surface area (Å²) in [6.07, 6.45) is 0. The van der Waals surface area contributed by atoms with Gasteiger partial charge in [-0.25, -0.2) is 0 Å². The first-order chi connectivity index (χ1) is 16.1. The second-order valence-electron chi connectivity index (χ2n) is 7.80. The van der Waals surface area contributed by atoms with E-state index in [1.807, 2.05) is 12.1 Å². The lowest BCUT2D eigenvalue weighted by atomic mass is 10.2. The van der Waals surface area contributed by atoms with Crippen molar-refractivity contribution in [1.82, 2.24) is 0 Å². The van der Waals surface area contributed by atoms with E-state index in [4.69, 9.17) is 13.6 Å². The van der Waals surface area contributed by atoms with Crippen molar-refractivity contribution in [3.63, 3.8) is 0 Å². The maximum absolute atomic E-state index is 7.23. The molecule has 0 aliphatic heterocycles. The smallest absolute Gasteiger partial charge is 0.276 e. The van der Waals surface area contributed by atoms with E-state index in [1.54, 1.807) is 14.2 Å². The molecule has 166 valence electrons. The molecule has 3 nitrogen and oxygen atoms in total. The molecule has 4 aromatic rings. The normalized spacial score (nSPS) is 11.1. The summed E-state index contributed by atoms with van der Waals surface area (Å²) >= 11 is 0.